The third-order valence-corrected chi connectivity index (χ3v) is 11.0. The van der Waals surface area contributed by atoms with E-state index in [1.165, 1.54) is 55.5 Å². The van der Waals surface area contributed by atoms with Gasteiger partial charge in [0.15, 0.2) is 0 Å². The van der Waals surface area contributed by atoms with Gasteiger partial charge in [-0.1, -0.05) is 24.3 Å². The van der Waals surface area contributed by atoms with Crippen LogP contribution in [0.1, 0.15) is 50.2 Å². The first-order valence-electron chi connectivity index (χ1n) is 19.3. The smallest absolute Gasteiger partial charge is 0.243 e. The minimum Gasteiger partial charge on any atom is -0.508 e. The van der Waals surface area contributed by atoms with Gasteiger partial charge < -0.3 is 53.6 Å². The summed E-state index contributed by atoms with van der Waals surface area (Å²) in [4.78, 5) is 121. The van der Waals surface area contributed by atoms with E-state index in [0.717, 1.165) is 16.7 Å². The Morgan fingerprint density at radius 2 is 1.32 bits per heavy atom. The van der Waals surface area contributed by atoms with Gasteiger partial charge in [-0.3, -0.25) is 48.1 Å². The fourth-order valence-electron chi connectivity index (χ4n) is 6.33. The highest BCUT2D eigenvalue weighted by Gasteiger charge is 2.40. The van der Waals surface area contributed by atoms with E-state index in [4.69, 9.17) is 11.5 Å². The minimum absolute atomic E-state index is 0.0436. The molecule has 324 valence electrons. The second-order valence-corrected chi connectivity index (χ2v) is 15.6. The lowest BCUT2D eigenvalue weighted by Crippen LogP contribution is -2.59. The third kappa shape index (κ3) is 14.0. The number of fused-ring (bicyclic) bond motifs is 2. The van der Waals surface area contributed by atoms with Crippen LogP contribution < -0.4 is 43.4 Å². The van der Waals surface area contributed by atoms with Crippen molar-refractivity contribution >= 4 is 64.9 Å². The quantitative estimate of drug-likeness (QED) is 0.0816. The summed E-state index contributed by atoms with van der Waals surface area (Å²) in [7, 11) is 0. The highest BCUT2D eigenvalue weighted by molar-refractivity contribution is 8.00. The van der Waals surface area contributed by atoms with Crippen LogP contribution in [0.4, 0.5) is 0 Å². The lowest BCUT2D eigenvalue weighted by atomic mass is 10.0. The van der Waals surface area contributed by atoms with Crippen LogP contribution in [0.15, 0.2) is 48.5 Å². The number of nitrogens with one attached hydrogen (secondary N) is 6. The van der Waals surface area contributed by atoms with E-state index in [1.807, 2.05) is 0 Å². The molecular weight excluding hydrogens is 803 g/mol. The molecule has 20 nitrogen and oxygen atoms in total. The van der Waals surface area contributed by atoms with Gasteiger partial charge in [-0.15, -0.1) is 11.8 Å². The summed E-state index contributed by atoms with van der Waals surface area (Å²) >= 11 is 0.882. The van der Waals surface area contributed by atoms with E-state index >= 15 is 0 Å². The predicted molar refractivity (Wildman–Crippen MR) is 216 cm³/mol. The number of phenols is 2. The second kappa shape index (κ2) is 22.2. The molecule has 4 rings (SSSR count). The molecular formula is C39H51N9O11S. The van der Waals surface area contributed by atoms with Crippen LogP contribution in [0.5, 0.6) is 11.5 Å². The van der Waals surface area contributed by atoms with Crippen molar-refractivity contribution < 1.29 is 53.4 Å². The first-order valence-corrected chi connectivity index (χ1v) is 20.4. The Labute approximate surface area is 349 Å². The van der Waals surface area contributed by atoms with Crippen LogP contribution in [-0.4, -0.2) is 129 Å². The summed E-state index contributed by atoms with van der Waals surface area (Å²) in [5.74, 6) is -7.27. The van der Waals surface area contributed by atoms with E-state index < -0.39 is 95.2 Å². The number of thioether (sulfide) groups is 1. The predicted octanol–water partition coefficient (Wildman–Crippen LogP) is -2.68. The number of hydrogen-bond acceptors (Lipinski definition) is 13. The summed E-state index contributed by atoms with van der Waals surface area (Å²) in [6.45, 7) is 0.748. The van der Waals surface area contributed by atoms with E-state index in [2.05, 4.69) is 31.9 Å². The Bertz CT molecular complexity index is 1920. The van der Waals surface area contributed by atoms with Crippen LogP contribution in [0, 0.1) is 0 Å². The van der Waals surface area contributed by atoms with Gasteiger partial charge in [0.1, 0.15) is 41.7 Å². The molecule has 2 aromatic carbocycles. The Balaban J connectivity index is 1.70. The summed E-state index contributed by atoms with van der Waals surface area (Å²) in [6.07, 6.45) is 0.139. The summed E-state index contributed by atoms with van der Waals surface area (Å²) in [5.41, 5.74) is 11.9. The van der Waals surface area contributed by atoms with Crippen LogP contribution in [-0.2, 0) is 56.0 Å². The average molecular weight is 854 g/mol. The van der Waals surface area contributed by atoms with E-state index in [-0.39, 0.29) is 55.9 Å². The van der Waals surface area contributed by atoms with Crippen molar-refractivity contribution in [2.75, 3.05) is 25.4 Å². The van der Waals surface area contributed by atoms with Gasteiger partial charge in [-0.2, -0.15) is 0 Å². The largest absolute Gasteiger partial charge is 0.508 e. The number of nitrogens with zero attached hydrogens (tertiary/aromatic N) is 1. The summed E-state index contributed by atoms with van der Waals surface area (Å²) in [6, 6.07) is 4.97. The molecule has 2 unspecified atom stereocenters. The molecule has 21 heteroatoms. The number of hydrogen-bond donors (Lipinski definition) is 10. The van der Waals surface area contributed by atoms with Crippen molar-refractivity contribution in [1.29, 1.82) is 0 Å². The second-order valence-electron chi connectivity index (χ2n) is 14.4. The number of carbonyl (C=O) groups is 9. The van der Waals surface area contributed by atoms with Gasteiger partial charge in [0, 0.05) is 38.0 Å². The highest BCUT2D eigenvalue weighted by Crippen LogP contribution is 2.26. The maximum atomic E-state index is 14.0. The van der Waals surface area contributed by atoms with Crippen molar-refractivity contribution in [3.05, 3.63) is 59.7 Å². The van der Waals surface area contributed by atoms with E-state index in [1.54, 1.807) is 0 Å². The van der Waals surface area contributed by atoms with Gasteiger partial charge in [-0.25, -0.2) is 0 Å². The van der Waals surface area contributed by atoms with E-state index in [0.29, 0.717) is 30.5 Å². The number of imide groups is 1. The monoisotopic (exact) mass is 853 g/mol. The zero-order valence-electron chi connectivity index (χ0n) is 32.9. The molecule has 0 spiro atoms. The molecule has 2 aromatic rings. The molecule has 9 amide bonds. The zero-order valence-corrected chi connectivity index (χ0v) is 33.8. The lowest BCUT2D eigenvalue weighted by molar-refractivity contribution is -0.139. The van der Waals surface area contributed by atoms with Crippen LogP contribution in [0.3, 0.4) is 0 Å². The number of primary amides is 1. The lowest BCUT2D eigenvalue weighted by Gasteiger charge is -2.27. The number of carbonyl (C=O) groups excluding carboxylic acids is 9. The molecule has 6 atom stereocenters. The first-order chi connectivity index (χ1) is 28.5. The SMILES string of the molecule is C[C@@H]1NC(=O)[C@H](Cc2ccc(O)cc2)NC(=O)[C@H](CCCCN)NC(=O)CCN2C(=O)CC(SCC(C(=O)NCC(N)=O)NC(=O)[C@H](Cc3ccc(O)cc3)NC1=O)C2=O. The molecule has 0 radical (unpaired) electrons. The molecule has 12 N–H and O–H groups in total. The maximum Gasteiger partial charge on any atom is 0.243 e. The number of nitrogens with two attached hydrogens (primary N) is 2. The summed E-state index contributed by atoms with van der Waals surface area (Å²) in [5, 5.41) is 34.0. The first kappa shape index (κ1) is 46.5. The standard InChI is InChI=1S/C39H51N9O11S/c1-21-34(54)45-28(17-23-7-11-25(50)12-8-23)38(58)47-29(35(55)42-19-31(41)51)20-60-30-18-33(53)48(39(30)59)15-13-32(52)44-26(4-2-3-14-40)36(56)46-27(37(57)43-21)16-22-5-9-24(49)10-6-22/h5-12,21,26-30,49-50H,2-4,13-20,40H2,1H3,(H2,41,51)(H,42,55)(H,43,57)(H,44,52)(H,45,54)(H,46,56)(H,47,58)/t21-,26-,27-,28-,29?,30?/m0/s1. The number of aromatic hydroxyl groups is 2. The topological polar surface area (TPSA) is 322 Å². The van der Waals surface area contributed by atoms with Crippen molar-refractivity contribution in [2.45, 2.75) is 87.3 Å². The van der Waals surface area contributed by atoms with Crippen LogP contribution >= 0.6 is 11.8 Å². The molecule has 0 saturated carbocycles. The molecule has 2 bridgehead atoms. The number of phenolic OH excluding ortho intramolecular Hbond substituents is 2. The Kier molecular flexibility index (Phi) is 17.2. The molecule has 0 aliphatic carbocycles. The van der Waals surface area contributed by atoms with Crippen LogP contribution in [0.25, 0.3) is 0 Å². The molecule has 2 aliphatic heterocycles. The number of rotatable bonds is 11. The van der Waals surface area contributed by atoms with Crippen molar-refractivity contribution in [1.82, 2.24) is 36.8 Å². The Morgan fingerprint density at radius 3 is 1.88 bits per heavy atom. The van der Waals surface area contributed by atoms with E-state index in [9.17, 15) is 53.4 Å². The maximum absolute atomic E-state index is 14.0. The van der Waals surface area contributed by atoms with Gasteiger partial charge in [0.2, 0.25) is 53.2 Å². The number of unbranched alkanes of at least 4 members (excludes halogenated alkanes) is 1. The van der Waals surface area contributed by atoms with Crippen molar-refractivity contribution in [2.24, 2.45) is 11.5 Å². The fraction of sp³-hybridized carbons (Fsp3) is 0.462. The Hall–Kier alpha value is -6.22. The molecule has 0 aromatic heterocycles. The molecule has 2 aliphatic rings. The van der Waals surface area contributed by atoms with Gasteiger partial charge in [0.25, 0.3) is 0 Å². The summed E-state index contributed by atoms with van der Waals surface area (Å²) < 4.78 is 0. The van der Waals surface area contributed by atoms with Crippen molar-refractivity contribution in [3.63, 3.8) is 0 Å². The average Bonchev–Trinajstić information content (AvgIpc) is 3.48. The van der Waals surface area contributed by atoms with Crippen molar-refractivity contribution in [3.8, 4) is 11.5 Å². The molecule has 2 heterocycles. The minimum atomic E-state index is -1.42. The zero-order chi connectivity index (χ0) is 43.9. The number of benzene rings is 2. The highest BCUT2D eigenvalue weighted by atomic mass is 32.2. The Morgan fingerprint density at radius 1 is 0.767 bits per heavy atom. The third-order valence-electron chi connectivity index (χ3n) is 9.67. The number of amides is 9. The van der Waals surface area contributed by atoms with Crippen LogP contribution in [0.2, 0.25) is 0 Å². The van der Waals surface area contributed by atoms with Gasteiger partial charge in [0.05, 0.1) is 11.8 Å². The van der Waals surface area contributed by atoms with Gasteiger partial charge >= 0.3 is 0 Å². The molecule has 2 fully saturated rings. The molecule has 2 saturated heterocycles. The molecule has 60 heavy (non-hydrogen) atoms. The fourth-order valence-corrected chi connectivity index (χ4v) is 7.52. The normalized spacial score (nSPS) is 23.8. The van der Waals surface area contributed by atoms with Gasteiger partial charge in [-0.05, 0) is 68.1 Å².